The molecule has 0 bridgehead atoms. The number of rotatable bonds is 9. The molecule has 0 unspecified atom stereocenters. The van der Waals surface area contributed by atoms with Gasteiger partial charge in [0.05, 0.1) is 5.56 Å². The molecule has 0 fully saturated rings. The van der Waals surface area contributed by atoms with Gasteiger partial charge in [-0.05, 0) is 64.2 Å². The number of carbonyl (C=O) groups is 1. The van der Waals surface area contributed by atoms with Gasteiger partial charge >= 0.3 is 12.1 Å². The van der Waals surface area contributed by atoms with E-state index in [2.05, 4.69) is 0 Å². The Bertz CT molecular complexity index is 1350. The minimum absolute atomic E-state index is 0.408. The van der Waals surface area contributed by atoms with E-state index < -0.39 is 24.3 Å². The van der Waals surface area contributed by atoms with Crippen LogP contribution in [0.1, 0.15) is 16.7 Å². The van der Waals surface area contributed by atoms with Crippen LogP contribution in [0, 0.1) is 0 Å². The largest absolute Gasteiger partial charge is 0.482 e. The predicted octanol–water partition coefficient (Wildman–Crippen LogP) is 8.06. The van der Waals surface area contributed by atoms with Crippen molar-refractivity contribution in [1.82, 2.24) is 0 Å². The van der Waals surface area contributed by atoms with Gasteiger partial charge in [-0.2, -0.15) is 13.2 Å². The van der Waals surface area contributed by atoms with Crippen molar-refractivity contribution in [3.05, 3.63) is 126 Å². The Kier molecular flexibility index (Phi) is 8.36. The zero-order valence-electron chi connectivity index (χ0n) is 19.6. The van der Waals surface area contributed by atoms with Crippen molar-refractivity contribution in [3.63, 3.8) is 0 Å². The van der Waals surface area contributed by atoms with Crippen LogP contribution in [0.4, 0.5) is 13.2 Å². The van der Waals surface area contributed by atoms with E-state index in [4.69, 9.17) is 9.84 Å². The lowest BCUT2D eigenvalue weighted by molar-refractivity contribution is -0.139. The lowest BCUT2D eigenvalue weighted by Crippen LogP contribution is -2.09. The van der Waals surface area contributed by atoms with Crippen LogP contribution in [-0.2, 0) is 11.0 Å². The average Bonchev–Trinajstić information content (AvgIpc) is 2.91. The summed E-state index contributed by atoms with van der Waals surface area (Å²) in [6.07, 6.45) is -2.39. The molecule has 0 aliphatic carbocycles. The molecule has 188 valence electrons. The molecule has 0 saturated carbocycles. The number of benzene rings is 4. The lowest BCUT2D eigenvalue weighted by Gasteiger charge is -2.12. The quantitative estimate of drug-likeness (QED) is 0.227. The minimum atomic E-state index is -4.39. The summed E-state index contributed by atoms with van der Waals surface area (Å²) in [7, 11) is 0. The fourth-order valence-corrected chi connectivity index (χ4v) is 4.48. The minimum Gasteiger partial charge on any atom is -0.482 e. The molecule has 1 N–H and O–H groups in total. The third kappa shape index (κ3) is 7.27. The van der Waals surface area contributed by atoms with Crippen LogP contribution in [0.5, 0.6) is 5.75 Å². The van der Waals surface area contributed by atoms with E-state index in [1.54, 1.807) is 23.9 Å². The van der Waals surface area contributed by atoms with Crippen molar-refractivity contribution < 1.29 is 27.8 Å². The van der Waals surface area contributed by atoms with Gasteiger partial charge in [0.2, 0.25) is 0 Å². The van der Waals surface area contributed by atoms with Gasteiger partial charge in [-0.3, -0.25) is 0 Å². The molecule has 0 aromatic heterocycles. The molecule has 0 radical (unpaired) electrons. The van der Waals surface area contributed by atoms with Gasteiger partial charge in [-0.25, -0.2) is 4.79 Å². The monoisotopic (exact) mass is 520 g/mol. The van der Waals surface area contributed by atoms with Crippen molar-refractivity contribution in [1.29, 1.82) is 0 Å². The zero-order chi connectivity index (χ0) is 26.3. The number of hydrogen-bond acceptors (Lipinski definition) is 3. The van der Waals surface area contributed by atoms with Gasteiger partial charge in [-0.1, -0.05) is 72.8 Å². The van der Waals surface area contributed by atoms with Crippen LogP contribution in [0.2, 0.25) is 0 Å². The van der Waals surface area contributed by atoms with Crippen molar-refractivity contribution in [2.24, 2.45) is 0 Å². The Balaban J connectivity index is 1.56. The molecule has 0 aliphatic heterocycles. The van der Waals surface area contributed by atoms with Crippen LogP contribution in [-0.4, -0.2) is 23.4 Å². The topological polar surface area (TPSA) is 46.5 Å². The summed E-state index contributed by atoms with van der Waals surface area (Å²) >= 11 is 1.55. The van der Waals surface area contributed by atoms with Gasteiger partial charge in [0.1, 0.15) is 5.75 Å². The maximum Gasteiger partial charge on any atom is 0.416 e. The zero-order valence-corrected chi connectivity index (χ0v) is 20.4. The number of hydrogen-bond donors (Lipinski definition) is 1. The first-order valence-corrected chi connectivity index (χ1v) is 12.4. The van der Waals surface area contributed by atoms with Crippen molar-refractivity contribution in [3.8, 4) is 16.9 Å². The van der Waals surface area contributed by atoms with Crippen LogP contribution in [0.3, 0.4) is 0 Å². The molecule has 7 heteroatoms. The van der Waals surface area contributed by atoms with E-state index in [0.29, 0.717) is 17.1 Å². The number of thioether (sulfide) groups is 1. The number of carboxylic acids is 1. The normalized spacial score (nSPS) is 11.8. The number of carboxylic acid groups (broad SMARTS) is 1. The van der Waals surface area contributed by atoms with Gasteiger partial charge in [0.15, 0.2) is 6.61 Å². The second kappa shape index (κ2) is 11.8. The van der Waals surface area contributed by atoms with E-state index >= 15 is 0 Å². The summed E-state index contributed by atoms with van der Waals surface area (Å²) in [5.74, 6) is -0.00557. The van der Waals surface area contributed by atoms with Crippen molar-refractivity contribution in [2.75, 3.05) is 12.4 Å². The van der Waals surface area contributed by atoms with Gasteiger partial charge in [0, 0.05) is 10.6 Å². The number of alkyl halides is 3. The van der Waals surface area contributed by atoms with E-state index in [-0.39, 0.29) is 0 Å². The van der Waals surface area contributed by atoms with Crippen LogP contribution >= 0.6 is 11.8 Å². The summed E-state index contributed by atoms with van der Waals surface area (Å²) in [5, 5.41) is 8.72. The lowest BCUT2D eigenvalue weighted by atomic mass is 9.95. The SMILES string of the molecule is O=C(O)COc1ccc(SC/C=C(/c2ccc(-c3ccccc3)cc2)c2ccc(C(F)(F)F)cc2)cc1. The fourth-order valence-electron chi connectivity index (χ4n) is 3.71. The smallest absolute Gasteiger partial charge is 0.416 e. The Morgan fingerprint density at radius 2 is 1.35 bits per heavy atom. The predicted molar refractivity (Wildman–Crippen MR) is 141 cm³/mol. The third-order valence-electron chi connectivity index (χ3n) is 5.55. The molecule has 0 heterocycles. The summed E-state index contributed by atoms with van der Waals surface area (Å²) in [4.78, 5) is 11.6. The maximum atomic E-state index is 13.1. The van der Waals surface area contributed by atoms with E-state index in [9.17, 15) is 18.0 Å². The van der Waals surface area contributed by atoms with Gasteiger partial charge < -0.3 is 9.84 Å². The van der Waals surface area contributed by atoms with Crippen LogP contribution in [0.15, 0.2) is 114 Å². The fraction of sp³-hybridized carbons (Fsp3) is 0.100. The van der Waals surface area contributed by atoms with E-state index in [0.717, 1.165) is 39.3 Å². The molecule has 3 nitrogen and oxygen atoms in total. The molecule has 0 amide bonds. The summed E-state index contributed by atoms with van der Waals surface area (Å²) in [6.45, 7) is -0.408. The van der Waals surface area contributed by atoms with Gasteiger partial charge in [-0.15, -0.1) is 11.8 Å². The second-order valence-electron chi connectivity index (χ2n) is 8.10. The average molecular weight is 521 g/mol. The molecule has 0 saturated heterocycles. The van der Waals surface area contributed by atoms with E-state index in [1.165, 1.54) is 12.1 Å². The highest BCUT2D eigenvalue weighted by molar-refractivity contribution is 7.99. The Morgan fingerprint density at radius 3 is 1.92 bits per heavy atom. The molecule has 37 heavy (non-hydrogen) atoms. The van der Waals surface area contributed by atoms with E-state index in [1.807, 2.05) is 72.8 Å². The summed E-state index contributed by atoms with van der Waals surface area (Å²) < 4.78 is 44.5. The Labute approximate surface area is 217 Å². The first-order valence-electron chi connectivity index (χ1n) is 11.4. The molecular formula is C30H23F3O3S. The molecular weight excluding hydrogens is 497 g/mol. The Hall–Kier alpha value is -3.97. The van der Waals surface area contributed by atoms with Crippen LogP contribution in [0.25, 0.3) is 16.7 Å². The van der Waals surface area contributed by atoms with Crippen molar-refractivity contribution >= 4 is 23.3 Å². The highest BCUT2D eigenvalue weighted by Gasteiger charge is 2.30. The highest BCUT2D eigenvalue weighted by atomic mass is 32.2. The first-order chi connectivity index (χ1) is 17.8. The first kappa shape index (κ1) is 26.1. The molecule has 4 aromatic rings. The third-order valence-corrected chi connectivity index (χ3v) is 6.49. The molecule has 4 aromatic carbocycles. The molecule has 0 spiro atoms. The number of halogens is 3. The van der Waals surface area contributed by atoms with Crippen LogP contribution < -0.4 is 4.74 Å². The Morgan fingerprint density at radius 1 is 0.784 bits per heavy atom. The summed E-state index contributed by atoms with van der Waals surface area (Å²) in [6, 6.07) is 30.2. The van der Waals surface area contributed by atoms with Crippen molar-refractivity contribution in [2.45, 2.75) is 11.1 Å². The molecule has 4 rings (SSSR count). The maximum absolute atomic E-state index is 13.1. The molecule has 0 atom stereocenters. The standard InChI is InChI=1S/C30H23F3O3S/c31-30(32,33)25-12-10-24(11-13-25)28(23-8-6-22(7-9-23)21-4-2-1-3-5-21)18-19-37-27-16-14-26(15-17-27)36-20-29(34)35/h1-18H,19-20H2,(H,34,35)/b28-18-. The number of ether oxygens (including phenoxy) is 1. The molecule has 0 aliphatic rings. The number of aliphatic carboxylic acids is 1. The summed E-state index contributed by atoms with van der Waals surface area (Å²) in [5.41, 5.74) is 3.88. The van der Waals surface area contributed by atoms with Gasteiger partial charge in [0.25, 0.3) is 0 Å². The second-order valence-corrected chi connectivity index (χ2v) is 9.19. The highest BCUT2D eigenvalue weighted by Crippen LogP contribution is 2.33.